The van der Waals surface area contributed by atoms with E-state index < -0.39 is 5.82 Å². The minimum absolute atomic E-state index is 0.0444. The number of amides is 2. The first-order chi connectivity index (χ1) is 11.1. The SMILES string of the molecule is CNCCC(=O)Nc1ccc(F)c(NC(=O)C2CCCCC2)c1. The zero-order valence-corrected chi connectivity index (χ0v) is 13.5. The summed E-state index contributed by atoms with van der Waals surface area (Å²) in [6.45, 7) is 0.568. The molecule has 0 saturated heterocycles. The summed E-state index contributed by atoms with van der Waals surface area (Å²) in [4.78, 5) is 23.9. The lowest BCUT2D eigenvalue weighted by Crippen LogP contribution is -2.25. The van der Waals surface area contributed by atoms with E-state index in [1.807, 2.05) is 0 Å². The molecular formula is C17H24FN3O2. The number of anilines is 2. The van der Waals surface area contributed by atoms with E-state index in [9.17, 15) is 14.0 Å². The second-order valence-electron chi connectivity index (χ2n) is 5.92. The Balaban J connectivity index is 1.99. The first-order valence-corrected chi connectivity index (χ1v) is 8.15. The number of halogens is 1. The van der Waals surface area contributed by atoms with Crippen molar-refractivity contribution in [3.63, 3.8) is 0 Å². The molecule has 3 N–H and O–H groups in total. The molecule has 0 heterocycles. The maximum Gasteiger partial charge on any atom is 0.227 e. The van der Waals surface area contributed by atoms with Crippen LogP contribution in [0.25, 0.3) is 0 Å². The Bertz CT molecular complexity index is 557. The predicted molar refractivity (Wildman–Crippen MR) is 88.8 cm³/mol. The second kappa shape index (κ2) is 8.62. The van der Waals surface area contributed by atoms with Crippen LogP contribution in [0.1, 0.15) is 38.5 Å². The molecule has 1 aliphatic rings. The van der Waals surface area contributed by atoms with Gasteiger partial charge in [0, 0.05) is 24.6 Å². The highest BCUT2D eigenvalue weighted by molar-refractivity contribution is 5.95. The summed E-state index contributed by atoms with van der Waals surface area (Å²) in [6.07, 6.45) is 5.29. The number of benzene rings is 1. The zero-order valence-electron chi connectivity index (χ0n) is 13.5. The van der Waals surface area contributed by atoms with Gasteiger partial charge in [-0.15, -0.1) is 0 Å². The van der Waals surface area contributed by atoms with Crippen LogP contribution in [0.3, 0.4) is 0 Å². The van der Waals surface area contributed by atoms with Crippen LogP contribution >= 0.6 is 0 Å². The van der Waals surface area contributed by atoms with Crippen LogP contribution in [0.2, 0.25) is 0 Å². The predicted octanol–water partition coefficient (Wildman–Crippen LogP) is 2.89. The van der Waals surface area contributed by atoms with Crippen molar-refractivity contribution in [3.8, 4) is 0 Å². The van der Waals surface area contributed by atoms with E-state index in [1.54, 1.807) is 7.05 Å². The van der Waals surface area contributed by atoms with Gasteiger partial charge in [-0.1, -0.05) is 19.3 Å². The van der Waals surface area contributed by atoms with E-state index in [1.165, 1.54) is 18.2 Å². The van der Waals surface area contributed by atoms with Gasteiger partial charge in [0.15, 0.2) is 0 Å². The van der Waals surface area contributed by atoms with Crippen LogP contribution < -0.4 is 16.0 Å². The van der Waals surface area contributed by atoms with Crippen molar-refractivity contribution in [3.05, 3.63) is 24.0 Å². The Kier molecular flexibility index (Phi) is 6.52. The lowest BCUT2D eigenvalue weighted by molar-refractivity contribution is -0.120. The number of rotatable bonds is 6. The first-order valence-electron chi connectivity index (χ1n) is 8.15. The summed E-state index contributed by atoms with van der Waals surface area (Å²) < 4.78 is 13.9. The quantitative estimate of drug-likeness (QED) is 0.754. The van der Waals surface area contributed by atoms with Gasteiger partial charge >= 0.3 is 0 Å². The number of carbonyl (C=O) groups is 2. The summed E-state index contributed by atoms with van der Waals surface area (Å²) >= 11 is 0. The molecule has 0 spiro atoms. The van der Waals surface area contributed by atoms with Gasteiger partial charge in [0.25, 0.3) is 0 Å². The van der Waals surface area contributed by atoms with E-state index in [4.69, 9.17) is 0 Å². The fourth-order valence-electron chi connectivity index (χ4n) is 2.76. The molecule has 1 fully saturated rings. The fourth-order valence-corrected chi connectivity index (χ4v) is 2.76. The minimum atomic E-state index is -0.498. The van der Waals surface area contributed by atoms with Crippen LogP contribution in [0.4, 0.5) is 15.8 Å². The molecule has 126 valence electrons. The monoisotopic (exact) mass is 321 g/mol. The molecule has 0 unspecified atom stereocenters. The van der Waals surface area contributed by atoms with E-state index in [-0.39, 0.29) is 23.4 Å². The summed E-state index contributed by atoms with van der Waals surface area (Å²) in [5, 5.41) is 8.25. The number of hydrogen-bond donors (Lipinski definition) is 3. The summed E-state index contributed by atoms with van der Waals surface area (Å²) in [7, 11) is 1.77. The summed E-state index contributed by atoms with van der Waals surface area (Å²) in [6, 6.07) is 4.21. The lowest BCUT2D eigenvalue weighted by Gasteiger charge is -2.21. The molecule has 1 saturated carbocycles. The van der Waals surface area contributed by atoms with E-state index in [2.05, 4.69) is 16.0 Å². The van der Waals surface area contributed by atoms with Gasteiger partial charge in [-0.2, -0.15) is 0 Å². The maximum absolute atomic E-state index is 13.9. The number of carbonyl (C=O) groups excluding carboxylic acids is 2. The second-order valence-corrected chi connectivity index (χ2v) is 5.92. The average Bonchev–Trinajstić information content (AvgIpc) is 2.56. The van der Waals surface area contributed by atoms with E-state index >= 15 is 0 Å². The van der Waals surface area contributed by atoms with Gasteiger partial charge < -0.3 is 16.0 Å². The molecule has 1 aromatic carbocycles. The number of hydrogen-bond acceptors (Lipinski definition) is 3. The largest absolute Gasteiger partial charge is 0.326 e. The van der Waals surface area contributed by atoms with Crippen LogP contribution in [0.5, 0.6) is 0 Å². The van der Waals surface area contributed by atoms with E-state index in [0.29, 0.717) is 18.7 Å². The highest BCUT2D eigenvalue weighted by Gasteiger charge is 2.22. The Morgan fingerprint density at radius 2 is 1.91 bits per heavy atom. The Morgan fingerprint density at radius 1 is 1.17 bits per heavy atom. The van der Waals surface area contributed by atoms with Crippen molar-refractivity contribution in [1.82, 2.24) is 5.32 Å². The van der Waals surface area contributed by atoms with Gasteiger partial charge in [0.05, 0.1) is 5.69 Å². The van der Waals surface area contributed by atoms with Crippen LogP contribution in [-0.2, 0) is 9.59 Å². The molecule has 1 aromatic rings. The minimum Gasteiger partial charge on any atom is -0.326 e. The van der Waals surface area contributed by atoms with Gasteiger partial charge in [-0.3, -0.25) is 9.59 Å². The Hall–Kier alpha value is -1.95. The van der Waals surface area contributed by atoms with Crippen molar-refractivity contribution in [1.29, 1.82) is 0 Å². The Morgan fingerprint density at radius 3 is 2.61 bits per heavy atom. The lowest BCUT2D eigenvalue weighted by atomic mass is 9.88. The third-order valence-electron chi connectivity index (χ3n) is 4.09. The molecule has 2 rings (SSSR count). The first kappa shape index (κ1) is 17.4. The van der Waals surface area contributed by atoms with Gasteiger partial charge in [0.1, 0.15) is 5.82 Å². The standard InChI is InChI=1S/C17H24FN3O2/c1-19-10-9-16(22)20-13-7-8-14(18)15(11-13)21-17(23)12-5-3-2-4-6-12/h7-8,11-12,19H,2-6,9-10H2,1H3,(H,20,22)(H,21,23). The van der Waals surface area contributed by atoms with Crippen molar-refractivity contribution < 1.29 is 14.0 Å². The molecule has 2 amide bonds. The molecule has 0 bridgehead atoms. The van der Waals surface area contributed by atoms with Crippen LogP contribution in [0, 0.1) is 11.7 Å². The molecule has 0 aliphatic heterocycles. The molecule has 0 radical (unpaired) electrons. The van der Waals surface area contributed by atoms with Gasteiger partial charge in [-0.05, 0) is 38.1 Å². The van der Waals surface area contributed by atoms with Crippen LogP contribution in [-0.4, -0.2) is 25.4 Å². The third-order valence-corrected chi connectivity index (χ3v) is 4.09. The molecule has 0 aromatic heterocycles. The zero-order chi connectivity index (χ0) is 16.7. The van der Waals surface area contributed by atoms with Crippen molar-refractivity contribution in [2.45, 2.75) is 38.5 Å². The van der Waals surface area contributed by atoms with Crippen molar-refractivity contribution >= 4 is 23.2 Å². The van der Waals surface area contributed by atoms with Crippen molar-refractivity contribution in [2.24, 2.45) is 5.92 Å². The van der Waals surface area contributed by atoms with Gasteiger partial charge in [-0.25, -0.2) is 4.39 Å². The summed E-state index contributed by atoms with van der Waals surface area (Å²) in [5.74, 6) is -0.836. The molecule has 23 heavy (non-hydrogen) atoms. The fraction of sp³-hybridized carbons (Fsp3) is 0.529. The molecular weight excluding hydrogens is 297 g/mol. The summed E-state index contributed by atoms with van der Waals surface area (Å²) in [5.41, 5.74) is 0.596. The average molecular weight is 321 g/mol. The highest BCUT2D eigenvalue weighted by atomic mass is 19.1. The van der Waals surface area contributed by atoms with E-state index in [0.717, 1.165) is 32.1 Å². The topological polar surface area (TPSA) is 70.2 Å². The Labute approximate surface area is 136 Å². The van der Waals surface area contributed by atoms with Crippen molar-refractivity contribution in [2.75, 3.05) is 24.2 Å². The molecule has 6 heteroatoms. The normalized spacial score (nSPS) is 15.2. The third kappa shape index (κ3) is 5.32. The smallest absolute Gasteiger partial charge is 0.227 e. The number of nitrogens with one attached hydrogen (secondary N) is 3. The highest BCUT2D eigenvalue weighted by Crippen LogP contribution is 2.26. The van der Waals surface area contributed by atoms with Gasteiger partial charge in [0.2, 0.25) is 11.8 Å². The molecule has 0 atom stereocenters. The molecule has 1 aliphatic carbocycles. The molecule has 5 nitrogen and oxygen atoms in total. The maximum atomic E-state index is 13.9. The van der Waals surface area contributed by atoms with Crippen LogP contribution in [0.15, 0.2) is 18.2 Å².